The number of hydrogen-bond acceptors (Lipinski definition) is 8. The lowest BCUT2D eigenvalue weighted by Crippen LogP contribution is -2.29. The average molecular weight is 611 g/mol. The van der Waals surface area contributed by atoms with Crippen LogP contribution < -0.4 is 15.0 Å². The van der Waals surface area contributed by atoms with Crippen LogP contribution in [0.5, 0.6) is 5.75 Å². The van der Waals surface area contributed by atoms with Gasteiger partial charge in [-0.3, -0.25) is 14.4 Å². The number of carboxylic acids is 1. The van der Waals surface area contributed by atoms with E-state index in [0.29, 0.717) is 40.0 Å². The number of fused-ring (bicyclic) bond motifs is 1. The van der Waals surface area contributed by atoms with E-state index in [1.54, 1.807) is 30.0 Å². The van der Waals surface area contributed by atoms with Gasteiger partial charge in [0, 0.05) is 43.5 Å². The number of nitrogens with zero attached hydrogens (tertiary/aromatic N) is 3. The predicted octanol–water partition coefficient (Wildman–Crippen LogP) is 5.79. The standard InChI is InChI=1S/C33H30N4O6S/c1-36(23-11-9-21(10-12-23)25-18-37(19-26(25)32(40)41)31(39)29-7-4-14-44-29)30(38)16-20-8-13-27-28(15-20)43-33(35-27)34-22-5-3-6-24(17-22)42-2/h3-15,17,25-26H,16,18-19H2,1-2H3,(H,34,35)(H,40,41). The molecule has 3 aromatic carbocycles. The molecule has 11 heteroatoms. The minimum atomic E-state index is -0.931. The Bertz CT molecular complexity index is 1820. The minimum absolute atomic E-state index is 0.122. The first-order valence-electron chi connectivity index (χ1n) is 14.0. The number of carbonyl (C=O) groups is 3. The van der Waals surface area contributed by atoms with Crippen LogP contribution in [0.25, 0.3) is 11.1 Å². The van der Waals surface area contributed by atoms with Gasteiger partial charge in [-0.1, -0.05) is 30.3 Å². The molecule has 0 saturated carbocycles. The Hall–Kier alpha value is -5.16. The smallest absolute Gasteiger partial charge is 0.308 e. The average Bonchev–Trinajstić information content (AvgIpc) is 3.80. The normalized spacial score (nSPS) is 16.2. The van der Waals surface area contributed by atoms with Gasteiger partial charge in [0.2, 0.25) is 5.91 Å². The molecule has 5 aromatic rings. The molecule has 10 nitrogen and oxygen atoms in total. The number of thiophene rings is 1. The number of aliphatic carboxylic acids is 1. The third kappa shape index (κ3) is 6.00. The van der Waals surface area contributed by atoms with Crippen molar-refractivity contribution in [2.45, 2.75) is 12.3 Å². The number of ether oxygens (including phenoxy) is 1. The fourth-order valence-electron chi connectivity index (χ4n) is 5.45. The Morgan fingerprint density at radius 3 is 2.61 bits per heavy atom. The highest BCUT2D eigenvalue weighted by Gasteiger charge is 2.40. The second kappa shape index (κ2) is 12.2. The van der Waals surface area contributed by atoms with Crippen molar-refractivity contribution in [3.63, 3.8) is 0 Å². The number of carboxylic acid groups (broad SMARTS) is 1. The molecule has 0 bridgehead atoms. The highest BCUT2D eigenvalue weighted by molar-refractivity contribution is 7.12. The van der Waals surface area contributed by atoms with Crippen molar-refractivity contribution >= 4 is 57.6 Å². The molecule has 1 fully saturated rings. The SMILES string of the molecule is COc1cccc(Nc2nc3ccc(CC(=O)N(C)c4ccc(C5CN(C(=O)c6cccs6)CC5C(=O)O)cc4)cc3o2)c1. The van der Waals surface area contributed by atoms with Crippen molar-refractivity contribution in [3.8, 4) is 5.75 Å². The predicted molar refractivity (Wildman–Crippen MR) is 168 cm³/mol. The molecule has 0 radical (unpaired) electrons. The topological polar surface area (TPSA) is 125 Å². The molecular weight excluding hydrogens is 580 g/mol. The maximum atomic E-state index is 13.2. The Kier molecular flexibility index (Phi) is 8.03. The van der Waals surface area contributed by atoms with E-state index in [9.17, 15) is 19.5 Å². The van der Waals surface area contributed by atoms with Crippen LogP contribution in [0.15, 0.2) is 88.7 Å². The Morgan fingerprint density at radius 2 is 1.89 bits per heavy atom. The summed E-state index contributed by atoms with van der Waals surface area (Å²) in [5, 5.41) is 14.8. The summed E-state index contributed by atoms with van der Waals surface area (Å²) in [7, 11) is 3.31. The van der Waals surface area contributed by atoms with Crippen LogP contribution in [-0.4, -0.2) is 60.0 Å². The van der Waals surface area contributed by atoms with Gasteiger partial charge < -0.3 is 29.4 Å². The van der Waals surface area contributed by atoms with Crippen molar-refractivity contribution in [2.24, 2.45) is 5.92 Å². The fourth-order valence-corrected chi connectivity index (χ4v) is 6.14. The van der Waals surface area contributed by atoms with Crippen LogP contribution in [0.4, 0.5) is 17.4 Å². The number of methoxy groups -OCH3 is 1. The molecule has 0 aliphatic carbocycles. The number of benzene rings is 3. The van der Waals surface area contributed by atoms with Gasteiger partial charge >= 0.3 is 5.97 Å². The number of likely N-dealkylation sites (N-methyl/N-ethyl adjacent to an activating group) is 1. The van der Waals surface area contributed by atoms with E-state index in [1.807, 2.05) is 78.2 Å². The second-order valence-corrected chi connectivity index (χ2v) is 11.6. The third-order valence-electron chi connectivity index (χ3n) is 7.87. The van der Waals surface area contributed by atoms with E-state index in [1.165, 1.54) is 11.3 Å². The molecule has 2 amide bonds. The van der Waals surface area contributed by atoms with Crippen molar-refractivity contribution < 1.29 is 28.6 Å². The third-order valence-corrected chi connectivity index (χ3v) is 8.73. The Labute approximate surface area is 257 Å². The summed E-state index contributed by atoms with van der Waals surface area (Å²) in [6.07, 6.45) is 0.150. The maximum absolute atomic E-state index is 13.2. The monoisotopic (exact) mass is 610 g/mol. The molecule has 1 aliphatic rings. The number of amides is 2. The van der Waals surface area contributed by atoms with Crippen LogP contribution in [0.2, 0.25) is 0 Å². The lowest BCUT2D eigenvalue weighted by Gasteiger charge is -2.20. The van der Waals surface area contributed by atoms with Gasteiger partial charge in [-0.15, -0.1) is 11.3 Å². The lowest BCUT2D eigenvalue weighted by atomic mass is 9.89. The molecule has 2 N–H and O–H groups in total. The summed E-state index contributed by atoms with van der Waals surface area (Å²) in [5.41, 5.74) is 4.27. The molecule has 224 valence electrons. The number of rotatable bonds is 9. The first kappa shape index (κ1) is 28.9. The van der Waals surface area contributed by atoms with Crippen LogP contribution in [-0.2, 0) is 16.0 Å². The number of likely N-dealkylation sites (tertiary alicyclic amines) is 1. The van der Waals surface area contributed by atoms with Gasteiger partial charge in [0.05, 0.1) is 24.3 Å². The molecule has 1 saturated heterocycles. The lowest BCUT2D eigenvalue weighted by molar-refractivity contribution is -0.141. The zero-order valence-electron chi connectivity index (χ0n) is 24.1. The summed E-state index contributed by atoms with van der Waals surface area (Å²) < 4.78 is 11.1. The minimum Gasteiger partial charge on any atom is -0.497 e. The van der Waals surface area contributed by atoms with Gasteiger partial charge in [0.25, 0.3) is 11.9 Å². The summed E-state index contributed by atoms with van der Waals surface area (Å²) in [5.74, 6) is -1.54. The van der Waals surface area contributed by atoms with Gasteiger partial charge in [-0.2, -0.15) is 4.98 Å². The molecule has 1 aliphatic heterocycles. The van der Waals surface area contributed by atoms with Crippen molar-refractivity contribution in [1.29, 1.82) is 0 Å². The van der Waals surface area contributed by atoms with Crippen molar-refractivity contribution in [2.75, 3.05) is 37.5 Å². The van der Waals surface area contributed by atoms with Crippen LogP contribution in [0, 0.1) is 5.92 Å². The molecule has 2 unspecified atom stereocenters. The van der Waals surface area contributed by atoms with Gasteiger partial charge in [-0.25, -0.2) is 0 Å². The zero-order chi connectivity index (χ0) is 30.8. The number of hydrogen-bond donors (Lipinski definition) is 2. The van der Waals surface area contributed by atoms with Gasteiger partial charge in [-0.05, 0) is 59.0 Å². The zero-order valence-corrected chi connectivity index (χ0v) is 24.9. The number of aromatic nitrogens is 1. The number of nitrogens with one attached hydrogen (secondary N) is 1. The van der Waals surface area contributed by atoms with Crippen molar-refractivity contribution in [1.82, 2.24) is 9.88 Å². The van der Waals surface area contributed by atoms with Crippen LogP contribution in [0.3, 0.4) is 0 Å². The number of anilines is 3. The Morgan fingerprint density at radius 1 is 1.07 bits per heavy atom. The van der Waals surface area contributed by atoms with E-state index >= 15 is 0 Å². The van der Waals surface area contributed by atoms with E-state index in [-0.39, 0.29) is 30.7 Å². The van der Waals surface area contributed by atoms with Crippen LogP contribution >= 0.6 is 11.3 Å². The molecular formula is C33H30N4O6S. The molecule has 0 spiro atoms. The van der Waals surface area contributed by atoms with Crippen molar-refractivity contribution in [3.05, 3.63) is 100 Å². The number of oxazole rings is 1. The van der Waals surface area contributed by atoms with E-state index in [0.717, 1.165) is 16.8 Å². The number of carbonyl (C=O) groups excluding carboxylic acids is 2. The van der Waals surface area contributed by atoms with Crippen LogP contribution in [0.1, 0.15) is 26.7 Å². The Balaban J connectivity index is 1.11. The first-order chi connectivity index (χ1) is 21.3. The van der Waals surface area contributed by atoms with E-state index in [2.05, 4.69) is 10.3 Å². The maximum Gasteiger partial charge on any atom is 0.308 e. The first-order valence-corrected chi connectivity index (χ1v) is 14.9. The molecule has 44 heavy (non-hydrogen) atoms. The molecule has 3 heterocycles. The fraction of sp³-hybridized carbons (Fsp3) is 0.212. The van der Waals surface area contributed by atoms with Gasteiger partial charge in [0.15, 0.2) is 5.58 Å². The molecule has 6 rings (SSSR count). The molecule has 2 atom stereocenters. The van der Waals surface area contributed by atoms with E-state index in [4.69, 9.17) is 9.15 Å². The summed E-state index contributed by atoms with van der Waals surface area (Å²) >= 11 is 1.34. The second-order valence-electron chi connectivity index (χ2n) is 10.6. The quantitative estimate of drug-likeness (QED) is 0.215. The molecule has 2 aromatic heterocycles. The summed E-state index contributed by atoms with van der Waals surface area (Å²) in [6.45, 7) is 0.480. The van der Waals surface area contributed by atoms with Gasteiger partial charge in [0.1, 0.15) is 11.3 Å². The highest BCUT2D eigenvalue weighted by atomic mass is 32.1. The largest absolute Gasteiger partial charge is 0.497 e. The summed E-state index contributed by atoms with van der Waals surface area (Å²) in [4.78, 5) is 46.4. The summed E-state index contributed by atoms with van der Waals surface area (Å²) in [6, 6.07) is 24.1. The van der Waals surface area contributed by atoms with E-state index < -0.39 is 11.9 Å². The highest BCUT2D eigenvalue weighted by Crippen LogP contribution is 2.35.